The lowest BCUT2D eigenvalue weighted by Crippen LogP contribution is -2.48. The van der Waals surface area contributed by atoms with Crippen molar-refractivity contribution in [3.8, 4) is 0 Å². The van der Waals surface area contributed by atoms with Crippen LogP contribution >= 0.6 is 0 Å². The van der Waals surface area contributed by atoms with Crippen molar-refractivity contribution in [2.45, 2.75) is 51.1 Å². The number of urea groups is 1. The molecule has 1 aliphatic heterocycles. The van der Waals surface area contributed by atoms with E-state index in [1.165, 1.54) is 12.0 Å². The molecule has 146 valence electrons. The van der Waals surface area contributed by atoms with Crippen LogP contribution in [0.2, 0.25) is 0 Å². The fourth-order valence-electron chi connectivity index (χ4n) is 4.39. The number of rotatable bonds is 3. The molecular weight excluding hydrogens is 358 g/mol. The van der Waals surface area contributed by atoms with E-state index < -0.39 is 17.5 Å². The summed E-state index contributed by atoms with van der Waals surface area (Å²) in [5, 5.41) is 3.74. The summed E-state index contributed by atoms with van der Waals surface area (Å²) in [4.78, 5) is 44.0. The summed E-state index contributed by atoms with van der Waals surface area (Å²) >= 11 is 0. The third-order valence-electron chi connectivity index (χ3n) is 5.88. The molecule has 2 fully saturated rings. The Balaban J connectivity index is 1.76. The number of carbonyl (C=O) groups excluding carboxylic acids is 3. The number of para-hydroxylation sites is 1. The number of ether oxygens (including phenoxy) is 1. The zero-order valence-corrected chi connectivity index (χ0v) is 16.1. The van der Waals surface area contributed by atoms with Crippen molar-refractivity contribution in [3.05, 3.63) is 41.1 Å². The zero-order valence-electron chi connectivity index (χ0n) is 16.1. The number of fused-ring (bicyclic) bond motifs is 1. The second kappa shape index (κ2) is 6.89. The Morgan fingerprint density at radius 1 is 1.21 bits per heavy atom. The fourth-order valence-corrected chi connectivity index (χ4v) is 4.39. The predicted octanol–water partition coefficient (Wildman–Crippen LogP) is 3.08. The highest BCUT2D eigenvalue weighted by Crippen LogP contribution is 2.35. The van der Waals surface area contributed by atoms with E-state index >= 15 is 0 Å². The number of esters is 1. The van der Waals surface area contributed by atoms with Crippen LogP contribution in [0.3, 0.4) is 0 Å². The largest absolute Gasteiger partial charge is 0.465 e. The van der Waals surface area contributed by atoms with Crippen molar-refractivity contribution in [1.29, 1.82) is 0 Å². The number of aryl methyl sites for hydroxylation is 1. The third-order valence-corrected chi connectivity index (χ3v) is 5.88. The van der Waals surface area contributed by atoms with E-state index in [-0.39, 0.29) is 12.5 Å². The van der Waals surface area contributed by atoms with Gasteiger partial charge in [0, 0.05) is 5.39 Å². The van der Waals surface area contributed by atoms with E-state index in [9.17, 15) is 14.4 Å². The zero-order chi connectivity index (χ0) is 19.9. The minimum atomic E-state index is -0.799. The molecule has 7 nitrogen and oxygen atoms in total. The van der Waals surface area contributed by atoms with E-state index in [0.29, 0.717) is 29.6 Å². The normalized spacial score (nSPS) is 18.6. The number of aromatic nitrogens is 1. The first-order valence-corrected chi connectivity index (χ1v) is 9.57. The Hall–Kier alpha value is -2.96. The monoisotopic (exact) mass is 381 g/mol. The van der Waals surface area contributed by atoms with Gasteiger partial charge in [0.15, 0.2) is 0 Å². The number of nitrogens with one attached hydrogen (secondary N) is 1. The molecule has 2 aliphatic rings. The van der Waals surface area contributed by atoms with Gasteiger partial charge in [0.25, 0.3) is 5.91 Å². The van der Waals surface area contributed by atoms with E-state index in [0.717, 1.165) is 30.2 Å². The molecule has 1 spiro atoms. The molecule has 28 heavy (non-hydrogen) atoms. The standard InChI is InChI=1S/C21H23N3O4/c1-13-14-8-4-5-9-15(14)22-16(17(13)18(25)28-2)12-24-19(26)21(23-20(24)27)10-6-3-7-11-21/h4-5,8-9H,3,6-7,10-12H2,1-2H3,(H,23,27). The number of hydrogen-bond acceptors (Lipinski definition) is 5. The lowest BCUT2D eigenvalue weighted by molar-refractivity contribution is -0.132. The van der Waals surface area contributed by atoms with E-state index in [1.54, 1.807) is 0 Å². The minimum absolute atomic E-state index is 0.0531. The molecule has 1 aromatic carbocycles. The molecule has 4 rings (SSSR count). The SMILES string of the molecule is COC(=O)c1c(CN2C(=O)NC3(CCCCC3)C2=O)nc2ccccc2c1C. The molecular formula is C21H23N3O4. The van der Waals surface area contributed by atoms with Crippen LogP contribution in [-0.4, -0.2) is 40.4 Å². The van der Waals surface area contributed by atoms with Crippen LogP contribution in [0.25, 0.3) is 10.9 Å². The lowest BCUT2D eigenvalue weighted by Gasteiger charge is -2.30. The molecule has 0 radical (unpaired) electrons. The van der Waals surface area contributed by atoms with Gasteiger partial charge in [0.05, 0.1) is 30.4 Å². The van der Waals surface area contributed by atoms with Crippen LogP contribution in [0.4, 0.5) is 4.79 Å². The van der Waals surface area contributed by atoms with Crippen LogP contribution in [0, 0.1) is 6.92 Å². The average molecular weight is 381 g/mol. The topological polar surface area (TPSA) is 88.6 Å². The van der Waals surface area contributed by atoms with Gasteiger partial charge in [-0.2, -0.15) is 0 Å². The molecule has 0 atom stereocenters. The maximum absolute atomic E-state index is 13.1. The van der Waals surface area contributed by atoms with Gasteiger partial charge in [0.1, 0.15) is 5.54 Å². The van der Waals surface area contributed by atoms with Gasteiger partial charge in [-0.15, -0.1) is 0 Å². The molecule has 0 bridgehead atoms. The summed E-state index contributed by atoms with van der Waals surface area (Å²) in [5.74, 6) is -0.745. The number of imide groups is 1. The molecule has 1 aliphatic carbocycles. The van der Waals surface area contributed by atoms with Crippen LogP contribution in [-0.2, 0) is 16.1 Å². The van der Waals surface area contributed by atoms with Gasteiger partial charge in [0.2, 0.25) is 0 Å². The Morgan fingerprint density at radius 2 is 1.93 bits per heavy atom. The number of hydrogen-bond donors (Lipinski definition) is 1. The van der Waals surface area contributed by atoms with Crippen molar-refractivity contribution in [1.82, 2.24) is 15.2 Å². The van der Waals surface area contributed by atoms with Gasteiger partial charge < -0.3 is 10.1 Å². The van der Waals surface area contributed by atoms with Gasteiger partial charge in [-0.3, -0.25) is 9.69 Å². The predicted molar refractivity (Wildman–Crippen MR) is 103 cm³/mol. The average Bonchev–Trinajstić information content (AvgIpc) is 2.92. The Kier molecular flexibility index (Phi) is 4.53. The lowest BCUT2D eigenvalue weighted by atomic mass is 9.82. The second-order valence-electron chi connectivity index (χ2n) is 7.53. The Morgan fingerprint density at radius 3 is 2.64 bits per heavy atom. The highest BCUT2D eigenvalue weighted by Gasteiger charge is 2.51. The molecule has 1 N–H and O–H groups in total. The molecule has 3 amide bonds. The summed E-state index contributed by atoms with van der Waals surface area (Å²) < 4.78 is 4.95. The number of carbonyl (C=O) groups is 3. The second-order valence-corrected chi connectivity index (χ2v) is 7.53. The van der Waals surface area contributed by atoms with Crippen LogP contribution < -0.4 is 5.32 Å². The summed E-state index contributed by atoms with van der Waals surface area (Å²) in [6, 6.07) is 7.05. The first kappa shape index (κ1) is 18.4. The maximum Gasteiger partial charge on any atom is 0.340 e. The van der Waals surface area contributed by atoms with Gasteiger partial charge in [-0.05, 0) is 31.4 Å². The Labute approximate surface area is 163 Å². The van der Waals surface area contributed by atoms with E-state index in [1.807, 2.05) is 31.2 Å². The summed E-state index contributed by atoms with van der Waals surface area (Å²) in [6.45, 7) is 1.77. The van der Waals surface area contributed by atoms with E-state index in [2.05, 4.69) is 10.3 Å². The van der Waals surface area contributed by atoms with Crippen LogP contribution in [0.1, 0.15) is 53.7 Å². The molecule has 0 unspecified atom stereocenters. The van der Waals surface area contributed by atoms with Crippen molar-refractivity contribution < 1.29 is 19.1 Å². The van der Waals surface area contributed by atoms with Crippen molar-refractivity contribution >= 4 is 28.8 Å². The number of amides is 3. The van der Waals surface area contributed by atoms with Crippen LogP contribution in [0.5, 0.6) is 0 Å². The smallest absolute Gasteiger partial charge is 0.340 e. The van der Waals surface area contributed by atoms with Gasteiger partial charge >= 0.3 is 12.0 Å². The van der Waals surface area contributed by atoms with Gasteiger partial charge in [-0.25, -0.2) is 14.6 Å². The highest BCUT2D eigenvalue weighted by atomic mass is 16.5. The summed E-state index contributed by atoms with van der Waals surface area (Å²) in [7, 11) is 1.31. The van der Waals surface area contributed by atoms with Gasteiger partial charge in [-0.1, -0.05) is 37.5 Å². The molecule has 1 saturated carbocycles. The molecule has 2 heterocycles. The third kappa shape index (κ3) is 2.82. The Bertz CT molecular complexity index is 979. The molecule has 1 aromatic heterocycles. The number of methoxy groups -OCH3 is 1. The first-order chi connectivity index (χ1) is 13.5. The summed E-state index contributed by atoms with van der Waals surface area (Å²) in [5.41, 5.74) is 1.33. The molecule has 2 aromatic rings. The highest BCUT2D eigenvalue weighted by molar-refractivity contribution is 6.07. The van der Waals surface area contributed by atoms with Crippen molar-refractivity contribution in [2.24, 2.45) is 0 Å². The molecule has 7 heteroatoms. The molecule has 1 saturated heterocycles. The quantitative estimate of drug-likeness (QED) is 0.652. The fraction of sp³-hybridized carbons (Fsp3) is 0.429. The van der Waals surface area contributed by atoms with Crippen molar-refractivity contribution in [2.75, 3.05) is 7.11 Å². The maximum atomic E-state index is 13.1. The number of pyridine rings is 1. The van der Waals surface area contributed by atoms with E-state index in [4.69, 9.17) is 4.74 Å². The summed E-state index contributed by atoms with van der Waals surface area (Å²) in [6.07, 6.45) is 4.22. The number of benzene rings is 1. The number of nitrogens with zero attached hydrogens (tertiary/aromatic N) is 2. The van der Waals surface area contributed by atoms with Crippen LogP contribution in [0.15, 0.2) is 24.3 Å². The van der Waals surface area contributed by atoms with Crippen molar-refractivity contribution in [3.63, 3.8) is 0 Å². The first-order valence-electron chi connectivity index (χ1n) is 9.57. The minimum Gasteiger partial charge on any atom is -0.465 e.